The SMILES string of the molecule is COc1ccc(OC)c(-n2cc(-c3ccccc3I)nn2)c1. The van der Waals surface area contributed by atoms with Crippen LogP contribution in [0.2, 0.25) is 0 Å². The molecule has 0 saturated heterocycles. The van der Waals surface area contributed by atoms with Gasteiger partial charge in [0.25, 0.3) is 0 Å². The molecule has 0 radical (unpaired) electrons. The predicted octanol–water partition coefficient (Wildman–Crippen LogP) is 3.56. The largest absolute Gasteiger partial charge is 0.497 e. The van der Waals surface area contributed by atoms with Crippen LogP contribution in [0, 0.1) is 3.57 Å². The summed E-state index contributed by atoms with van der Waals surface area (Å²) in [6.07, 6.45) is 1.88. The van der Waals surface area contributed by atoms with Crippen molar-refractivity contribution in [3.8, 4) is 28.4 Å². The molecule has 0 amide bonds. The third kappa shape index (κ3) is 2.78. The van der Waals surface area contributed by atoms with Gasteiger partial charge < -0.3 is 9.47 Å². The molecule has 0 unspecified atom stereocenters. The number of methoxy groups -OCH3 is 2. The van der Waals surface area contributed by atoms with E-state index in [1.54, 1.807) is 18.9 Å². The molecule has 0 aliphatic heterocycles. The summed E-state index contributed by atoms with van der Waals surface area (Å²) in [6.45, 7) is 0. The van der Waals surface area contributed by atoms with Crippen molar-refractivity contribution in [3.63, 3.8) is 0 Å². The van der Waals surface area contributed by atoms with Crippen LogP contribution in [-0.4, -0.2) is 29.2 Å². The van der Waals surface area contributed by atoms with Gasteiger partial charge in [-0.25, -0.2) is 4.68 Å². The zero-order chi connectivity index (χ0) is 15.5. The van der Waals surface area contributed by atoms with Gasteiger partial charge in [0, 0.05) is 15.2 Å². The predicted molar refractivity (Wildman–Crippen MR) is 92.6 cm³/mol. The minimum Gasteiger partial charge on any atom is -0.497 e. The zero-order valence-electron chi connectivity index (χ0n) is 12.2. The fourth-order valence-corrected chi connectivity index (χ4v) is 2.81. The van der Waals surface area contributed by atoms with Gasteiger partial charge >= 0.3 is 0 Å². The van der Waals surface area contributed by atoms with Gasteiger partial charge in [-0.05, 0) is 40.8 Å². The van der Waals surface area contributed by atoms with E-state index in [-0.39, 0.29) is 0 Å². The van der Waals surface area contributed by atoms with Crippen molar-refractivity contribution < 1.29 is 9.47 Å². The Bertz CT molecular complexity index is 802. The van der Waals surface area contributed by atoms with Crippen LogP contribution in [0.4, 0.5) is 0 Å². The van der Waals surface area contributed by atoms with Crippen molar-refractivity contribution in [2.75, 3.05) is 14.2 Å². The standard InChI is InChI=1S/C16H14IN3O2/c1-21-11-7-8-16(22-2)15(9-11)20-10-14(18-19-20)12-5-3-4-6-13(12)17/h3-10H,1-2H3. The molecule has 112 valence electrons. The Morgan fingerprint density at radius 3 is 2.59 bits per heavy atom. The van der Waals surface area contributed by atoms with Gasteiger partial charge in [0.05, 0.1) is 20.4 Å². The highest BCUT2D eigenvalue weighted by molar-refractivity contribution is 14.1. The van der Waals surface area contributed by atoms with Crippen LogP contribution >= 0.6 is 22.6 Å². The minimum atomic E-state index is 0.708. The molecule has 0 N–H and O–H groups in total. The molecule has 0 aliphatic carbocycles. The first-order valence-corrected chi connectivity index (χ1v) is 7.70. The van der Waals surface area contributed by atoms with Crippen molar-refractivity contribution in [1.82, 2.24) is 15.0 Å². The number of halogens is 1. The van der Waals surface area contributed by atoms with Gasteiger partial charge in [-0.2, -0.15) is 0 Å². The lowest BCUT2D eigenvalue weighted by Gasteiger charge is -2.09. The average molecular weight is 407 g/mol. The maximum absolute atomic E-state index is 5.39. The van der Waals surface area contributed by atoms with E-state index in [4.69, 9.17) is 9.47 Å². The van der Waals surface area contributed by atoms with Crippen LogP contribution in [0.15, 0.2) is 48.7 Å². The van der Waals surface area contributed by atoms with E-state index < -0.39 is 0 Å². The topological polar surface area (TPSA) is 49.2 Å². The van der Waals surface area contributed by atoms with E-state index in [0.717, 1.165) is 26.3 Å². The summed E-state index contributed by atoms with van der Waals surface area (Å²) in [7, 11) is 3.26. The number of hydrogen-bond donors (Lipinski definition) is 0. The molecule has 0 spiro atoms. The zero-order valence-corrected chi connectivity index (χ0v) is 14.3. The Balaban J connectivity index is 2.06. The van der Waals surface area contributed by atoms with Crippen molar-refractivity contribution in [1.29, 1.82) is 0 Å². The Hall–Kier alpha value is -2.09. The highest BCUT2D eigenvalue weighted by Gasteiger charge is 2.12. The molecule has 3 rings (SSSR count). The lowest BCUT2D eigenvalue weighted by molar-refractivity contribution is 0.400. The van der Waals surface area contributed by atoms with E-state index in [0.29, 0.717) is 5.75 Å². The van der Waals surface area contributed by atoms with E-state index in [1.807, 2.05) is 48.7 Å². The summed E-state index contributed by atoms with van der Waals surface area (Å²) in [5, 5.41) is 8.48. The molecule has 2 aromatic carbocycles. The molecule has 1 heterocycles. The highest BCUT2D eigenvalue weighted by atomic mass is 127. The van der Waals surface area contributed by atoms with Gasteiger partial charge in [-0.3, -0.25) is 0 Å². The molecule has 1 aromatic heterocycles. The molecule has 0 atom stereocenters. The van der Waals surface area contributed by atoms with Gasteiger partial charge in [0.1, 0.15) is 22.9 Å². The van der Waals surface area contributed by atoms with Gasteiger partial charge in [0.15, 0.2) is 0 Å². The fraction of sp³-hybridized carbons (Fsp3) is 0.125. The fourth-order valence-electron chi connectivity index (χ4n) is 2.15. The van der Waals surface area contributed by atoms with Crippen LogP contribution in [0.25, 0.3) is 16.9 Å². The molecular formula is C16H14IN3O2. The lowest BCUT2D eigenvalue weighted by atomic mass is 10.2. The number of rotatable bonds is 4. The summed E-state index contributed by atoms with van der Waals surface area (Å²) in [5.41, 5.74) is 2.65. The minimum absolute atomic E-state index is 0.708. The maximum Gasteiger partial charge on any atom is 0.144 e. The molecular weight excluding hydrogens is 393 g/mol. The van der Waals surface area contributed by atoms with Crippen molar-refractivity contribution in [3.05, 3.63) is 52.2 Å². The van der Waals surface area contributed by atoms with Crippen LogP contribution < -0.4 is 9.47 Å². The van der Waals surface area contributed by atoms with Crippen molar-refractivity contribution in [2.45, 2.75) is 0 Å². The second kappa shape index (κ2) is 6.35. The summed E-state index contributed by atoms with van der Waals surface area (Å²) >= 11 is 2.29. The number of benzene rings is 2. The first kappa shape index (κ1) is 14.8. The van der Waals surface area contributed by atoms with E-state index in [9.17, 15) is 0 Å². The van der Waals surface area contributed by atoms with Crippen LogP contribution in [0.5, 0.6) is 11.5 Å². The number of nitrogens with zero attached hydrogens (tertiary/aromatic N) is 3. The third-order valence-electron chi connectivity index (χ3n) is 3.28. The average Bonchev–Trinajstić information content (AvgIpc) is 3.04. The quantitative estimate of drug-likeness (QED) is 0.621. The van der Waals surface area contributed by atoms with Gasteiger partial charge in [-0.15, -0.1) is 5.10 Å². The molecule has 5 nitrogen and oxygen atoms in total. The number of hydrogen-bond acceptors (Lipinski definition) is 4. The summed E-state index contributed by atoms with van der Waals surface area (Å²) in [6, 6.07) is 13.6. The molecule has 22 heavy (non-hydrogen) atoms. The monoisotopic (exact) mass is 407 g/mol. The Morgan fingerprint density at radius 2 is 1.86 bits per heavy atom. The molecule has 0 saturated carbocycles. The molecule has 3 aromatic rings. The van der Waals surface area contributed by atoms with Gasteiger partial charge in [0.2, 0.25) is 0 Å². The summed E-state index contributed by atoms with van der Waals surface area (Å²) in [5.74, 6) is 1.45. The van der Waals surface area contributed by atoms with Crippen molar-refractivity contribution >= 4 is 22.6 Å². The Labute approximate surface area is 142 Å². The second-order valence-electron chi connectivity index (χ2n) is 4.57. The third-order valence-corrected chi connectivity index (χ3v) is 4.22. The first-order chi connectivity index (χ1) is 10.7. The smallest absolute Gasteiger partial charge is 0.144 e. The lowest BCUT2D eigenvalue weighted by Crippen LogP contribution is -1.99. The summed E-state index contributed by atoms with van der Waals surface area (Å²) < 4.78 is 13.5. The summed E-state index contributed by atoms with van der Waals surface area (Å²) in [4.78, 5) is 0. The molecule has 0 aliphatic rings. The Kier molecular flexibility index (Phi) is 4.28. The Morgan fingerprint density at radius 1 is 1.05 bits per heavy atom. The molecule has 0 fully saturated rings. The van der Waals surface area contributed by atoms with E-state index >= 15 is 0 Å². The number of aromatic nitrogens is 3. The molecule has 6 heteroatoms. The van der Waals surface area contributed by atoms with E-state index in [2.05, 4.69) is 32.9 Å². The van der Waals surface area contributed by atoms with Crippen LogP contribution in [-0.2, 0) is 0 Å². The van der Waals surface area contributed by atoms with Crippen LogP contribution in [0.1, 0.15) is 0 Å². The second-order valence-corrected chi connectivity index (χ2v) is 5.73. The first-order valence-electron chi connectivity index (χ1n) is 6.62. The highest BCUT2D eigenvalue weighted by Crippen LogP contribution is 2.29. The van der Waals surface area contributed by atoms with Crippen molar-refractivity contribution in [2.24, 2.45) is 0 Å². The van der Waals surface area contributed by atoms with Crippen LogP contribution in [0.3, 0.4) is 0 Å². The molecule has 0 bridgehead atoms. The number of ether oxygens (including phenoxy) is 2. The maximum atomic E-state index is 5.39. The van der Waals surface area contributed by atoms with E-state index in [1.165, 1.54) is 0 Å². The normalized spacial score (nSPS) is 10.5. The van der Waals surface area contributed by atoms with Gasteiger partial charge in [-0.1, -0.05) is 23.4 Å².